The van der Waals surface area contributed by atoms with Crippen molar-refractivity contribution in [1.82, 2.24) is 9.97 Å². The Morgan fingerprint density at radius 3 is 1.45 bits per heavy atom. The summed E-state index contributed by atoms with van der Waals surface area (Å²) < 4.78 is 92.7. The summed E-state index contributed by atoms with van der Waals surface area (Å²) in [4.78, 5) is 10.7. The summed E-state index contributed by atoms with van der Waals surface area (Å²) in [5.74, 6) is -9.80. The molecule has 0 aliphatic heterocycles. The Morgan fingerprint density at radius 2 is 1.03 bits per heavy atom. The van der Waals surface area contributed by atoms with Gasteiger partial charge in [0.2, 0.25) is 0 Å². The van der Waals surface area contributed by atoms with E-state index in [-0.39, 0.29) is 17.0 Å². The summed E-state index contributed by atoms with van der Waals surface area (Å²) in [5, 5.41) is 22.7. The van der Waals surface area contributed by atoms with Gasteiger partial charge in [0, 0.05) is 0 Å². The molecule has 0 aliphatic carbocycles. The van der Waals surface area contributed by atoms with Gasteiger partial charge in [-0.05, 0) is 0 Å². The number of nitrogens with zero attached hydrogens (tertiary/aromatic N) is 6. The molecular formula is C24F6N6Se2. The van der Waals surface area contributed by atoms with Crippen LogP contribution in [0.15, 0.2) is 0 Å². The molecule has 0 radical (unpaired) electrons. The van der Waals surface area contributed by atoms with E-state index in [4.69, 9.17) is 6.57 Å². The molecule has 180 valence electrons. The maximum absolute atomic E-state index is 15.8. The molecule has 0 aliphatic rings. The number of nitriles is 3. The molecule has 0 unspecified atom stereocenters. The van der Waals surface area contributed by atoms with Crippen molar-refractivity contribution in [2.75, 3.05) is 0 Å². The normalized spacial score (nSPS) is 12.3. The number of halogens is 6. The predicted molar refractivity (Wildman–Crippen MR) is 124 cm³/mol. The van der Waals surface area contributed by atoms with Gasteiger partial charge in [-0.15, -0.1) is 0 Å². The fraction of sp³-hybridized carbons (Fsp3) is 0. The van der Waals surface area contributed by atoms with E-state index in [0.29, 0.717) is 0 Å². The standard InChI is InChI=1S/C24F6N6Se2/c1-34-6(4-33)24-36-20-18(30)10-8-7-9(13(25)14(10)26)17(29)19-21(37-23(35-19)5(2-31)3-32)11(7)15(27)16(28)12(8)22(20)38-24/b24-6+. The van der Waals surface area contributed by atoms with E-state index in [2.05, 4.69) is 14.8 Å². The monoisotopic (exact) mass is 646 g/mol. The van der Waals surface area contributed by atoms with Gasteiger partial charge in [-0.25, -0.2) is 0 Å². The molecule has 0 N–H and O–H groups in total. The second kappa shape index (κ2) is 8.04. The Kier molecular flexibility index (Phi) is 5.06. The second-order valence-electron chi connectivity index (χ2n) is 7.70. The molecule has 38 heavy (non-hydrogen) atoms. The van der Waals surface area contributed by atoms with E-state index in [1.54, 1.807) is 18.2 Å². The van der Waals surface area contributed by atoms with Crippen molar-refractivity contribution in [1.29, 1.82) is 15.8 Å². The zero-order valence-electron chi connectivity index (χ0n) is 17.8. The van der Waals surface area contributed by atoms with E-state index in [9.17, 15) is 15.8 Å². The minimum absolute atomic E-state index is 0.218. The zero-order valence-corrected chi connectivity index (χ0v) is 21.2. The predicted octanol–water partition coefficient (Wildman–Crippen LogP) is 3.38. The Balaban J connectivity index is 2.06. The SMILES string of the molecule is [C-]#[N+]/C(C#N)=c1\nc2c(F)c3c(F)c(F)c4c(F)c5nc(=C(C#N)C#N)[se]c5c5c(F)c(F)c(c2[se]1)c3c45. The van der Waals surface area contributed by atoms with E-state index in [0.717, 1.165) is 0 Å². The van der Waals surface area contributed by atoms with Crippen LogP contribution in [0, 0.1) is 75.5 Å². The van der Waals surface area contributed by atoms with Crippen LogP contribution in [0.3, 0.4) is 0 Å². The van der Waals surface area contributed by atoms with Crippen molar-refractivity contribution in [3.63, 3.8) is 0 Å². The Morgan fingerprint density at radius 1 is 0.605 bits per heavy atom. The van der Waals surface area contributed by atoms with Crippen LogP contribution in [0.4, 0.5) is 26.3 Å². The van der Waals surface area contributed by atoms with Gasteiger partial charge >= 0.3 is 217 Å². The molecule has 6 nitrogen and oxygen atoms in total. The van der Waals surface area contributed by atoms with Gasteiger partial charge in [-0.2, -0.15) is 0 Å². The molecule has 2 aromatic heterocycles. The third-order valence-electron chi connectivity index (χ3n) is 5.93. The first kappa shape index (κ1) is 23.9. The molecule has 0 amide bonds. The van der Waals surface area contributed by atoms with Crippen LogP contribution < -0.4 is 8.45 Å². The number of benzene rings is 4. The summed E-state index contributed by atoms with van der Waals surface area (Å²) in [6.45, 7) is 7.10. The summed E-state index contributed by atoms with van der Waals surface area (Å²) in [5.41, 5.74) is -2.39. The van der Waals surface area contributed by atoms with Crippen LogP contribution in [0.2, 0.25) is 0 Å². The van der Waals surface area contributed by atoms with Gasteiger partial charge < -0.3 is 0 Å². The number of hydrogen-bond donors (Lipinski definition) is 0. The number of aromatic nitrogens is 2. The average molecular weight is 644 g/mol. The number of rotatable bonds is 0. The van der Waals surface area contributed by atoms with Crippen LogP contribution in [0.1, 0.15) is 0 Å². The molecule has 0 saturated carbocycles. The molecule has 4 aromatic carbocycles. The van der Waals surface area contributed by atoms with E-state index in [1.165, 1.54) is 0 Å². The van der Waals surface area contributed by atoms with Gasteiger partial charge in [0.25, 0.3) is 0 Å². The van der Waals surface area contributed by atoms with Crippen LogP contribution >= 0.6 is 0 Å². The Bertz CT molecular complexity index is 2210. The van der Waals surface area contributed by atoms with Gasteiger partial charge in [0.15, 0.2) is 0 Å². The molecule has 0 bridgehead atoms. The fourth-order valence-corrected chi connectivity index (χ4v) is 8.82. The van der Waals surface area contributed by atoms with E-state index in [1.807, 2.05) is 0 Å². The Hall–Kier alpha value is -4.42. The molecular weight excluding hydrogens is 644 g/mol. The second-order valence-corrected chi connectivity index (χ2v) is 11.9. The summed E-state index contributed by atoms with van der Waals surface area (Å²) >= 11 is -2.42. The molecule has 14 heteroatoms. The third kappa shape index (κ3) is 2.75. The van der Waals surface area contributed by atoms with E-state index < -0.39 is 119 Å². The maximum atomic E-state index is 15.8. The molecule has 6 rings (SSSR count). The first-order valence-electron chi connectivity index (χ1n) is 9.96. The van der Waals surface area contributed by atoms with Crippen LogP contribution in [-0.2, 0) is 0 Å². The third-order valence-corrected chi connectivity index (χ3v) is 10.5. The summed E-state index contributed by atoms with van der Waals surface area (Å²) in [6, 6.07) is 4.70. The summed E-state index contributed by atoms with van der Waals surface area (Å²) in [6.07, 6.45) is 0. The molecule has 0 saturated heterocycles. The first-order valence-corrected chi connectivity index (χ1v) is 13.4. The van der Waals surface area contributed by atoms with Crippen molar-refractivity contribution in [2.24, 2.45) is 0 Å². The van der Waals surface area contributed by atoms with Gasteiger partial charge in [0.1, 0.15) is 0 Å². The van der Waals surface area contributed by atoms with Gasteiger partial charge in [-0.1, -0.05) is 0 Å². The van der Waals surface area contributed by atoms with Crippen LogP contribution in [0.25, 0.3) is 68.0 Å². The van der Waals surface area contributed by atoms with E-state index >= 15 is 26.3 Å². The molecule has 6 aromatic rings. The fourth-order valence-electron chi connectivity index (χ4n) is 4.43. The van der Waals surface area contributed by atoms with Crippen molar-refractivity contribution in [2.45, 2.75) is 0 Å². The minimum atomic E-state index is -1.88. The quantitative estimate of drug-likeness (QED) is 0.109. The summed E-state index contributed by atoms with van der Waals surface area (Å²) in [7, 11) is 0. The first-order chi connectivity index (χ1) is 18.2. The van der Waals surface area contributed by atoms with Crippen LogP contribution in [0.5, 0.6) is 0 Å². The number of hydrogen-bond acceptors (Lipinski definition) is 5. The van der Waals surface area contributed by atoms with Gasteiger partial charge in [0.05, 0.1) is 0 Å². The van der Waals surface area contributed by atoms with Crippen molar-refractivity contribution in [3.05, 3.63) is 54.8 Å². The topological polar surface area (TPSA) is 102 Å². The molecule has 2 heterocycles. The van der Waals surface area contributed by atoms with Crippen molar-refractivity contribution < 1.29 is 26.3 Å². The molecule has 0 spiro atoms. The van der Waals surface area contributed by atoms with Crippen molar-refractivity contribution in [3.8, 4) is 18.2 Å². The number of fused-ring (bicyclic) bond motifs is 4. The Labute approximate surface area is 216 Å². The average Bonchev–Trinajstić information content (AvgIpc) is 3.53. The zero-order chi connectivity index (χ0) is 27.2. The van der Waals surface area contributed by atoms with Crippen molar-refractivity contribution >= 4 is 92.1 Å². The molecule has 0 fully saturated rings. The van der Waals surface area contributed by atoms with Gasteiger partial charge in [-0.3, -0.25) is 0 Å². The molecule has 0 atom stereocenters. The van der Waals surface area contributed by atoms with Crippen LogP contribution in [-0.4, -0.2) is 39.0 Å².